The summed E-state index contributed by atoms with van der Waals surface area (Å²) in [4.78, 5) is 3.60. The monoisotopic (exact) mass is 77.0 g/mol. The van der Waals surface area contributed by atoms with Crippen molar-refractivity contribution in [1.29, 1.82) is 0 Å². The van der Waals surface area contributed by atoms with Gasteiger partial charge in [-0.25, -0.2) is 0 Å². The Balaban J connectivity index is 2.46. The number of nitrogens with zero attached hydrogens (tertiary/aromatic N) is 1. The number of aliphatic imine (C=N–C) groups is 1. The van der Waals surface area contributed by atoms with E-state index in [2.05, 4.69) is 18.0 Å². The van der Waals surface area contributed by atoms with Crippen LogP contribution >= 0.6 is 0 Å². The van der Waals surface area contributed by atoms with Gasteiger partial charge in [0.15, 0.2) is 0 Å². The second-order valence-corrected chi connectivity index (χ2v) is 0.893. The Bertz CT molecular complexity index is 69.9. The van der Waals surface area contributed by atoms with Crippen LogP contribution < -0.4 is 0 Å². The summed E-state index contributed by atoms with van der Waals surface area (Å²) in [5, 5.41) is 0. The summed E-state index contributed by atoms with van der Waals surface area (Å²) in [6, 6.07) is 0. The molecule has 0 aromatic rings. The second-order valence-electron chi connectivity index (χ2n) is 0.893. The average Bonchev–Trinajstić information content (AvgIpc) is 1.72. The molecule has 1 aliphatic heterocycles. The molecule has 0 saturated heterocycles. The number of hydrogen-bond donors (Lipinski definition) is 0. The highest BCUT2D eigenvalue weighted by atomic mass is 14.7. The lowest BCUT2D eigenvalue weighted by Crippen LogP contribution is -1.76. The first-order valence-corrected chi connectivity index (χ1v) is 1.69. The molecule has 1 rings (SSSR count). The molecule has 0 unspecified atom stereocenters. The van der Waals surface area contributed by atoms with Crippen LogP contribution in [-0.4, -0.2) is 6.21 Å². The van der Waals surface area contributed by atoms with Gasteiger partial charge in [-0.15, -0.1) is 0 Å². The van der Waals surface area contributed by atoms with Gasteiger partial charge in [0.1, 0.15) is 6.54 Å². The summed E-state index contributed by atoms with van der Waals surface area (Å²) in [5.41, 5.74) is 0. The van der Waals surface area contributed by atoms with E-state index < -0.39 is 0 Å². The number of allylic oxidation sites excluding steroid dienone is 1. The van der Waals surface area contributed by atoms with Crippen LogP contribution in [0.4, 0.5) is 0 Å². The molecular formula is C5H3N. The fourth-order valence-electron chi connectivity index (χ4n) is 0.246. The van der Waals surface area contributed by atoms with E-state index in [1.54, 1.807) is 18.4 Å². The fourth-order valence-corrected chi connectivity index (χ4v) is 0.246. The Morgan fingerprint density at radius 1 is 1.50 bits per heavy atom. The van der Waals surface area contributed by atoms with Crippen molar-refractivity contribution in [2.75, 3.05) is 0 Å². The summed E-state index contributed by atoms with van der Waals surface area (Å²) >= 11 is 0. The maximum atomic E-state index is 3.60. The van der Waals surface area contributed by atoms with E-state index in [0.29, 0.717) is 0 Å². The van der Waals surface area contributed by atoms with Crippen molar-refractivity contribution < 1.29 is 0 Å². The minimum absolute atomic E-state index is 1.66. The lowest BCUT2D eigenvalue weighted by Gasteiger charge is -1.85. The molecule has 1 heteroatoms. The van der Waals surface area contributed by atoms with Crippen LogP contribution in [0, 0.1) is 13.0 Å². The van der Waals surface area contributed by atoms with Gasteiger partial charge in [-0.1, -0.05) is 6.08 Å². The maximum Gasteiger partial charge on any atom is 0.129 e. The molecule has 4 radical (unpaired) electrons. The Labute approximate surface area is 37.4 Å². The molecule has 0 aromatic heterocycles. The first-order chi connectivity index (χ1) is 3.00. The number of dihydropyridines is 1. The third-order valence-corrected chi connectivity index (χ3v) is 0.469. The summed E-state index contributed by atoms with van der Waals surface area (Å²) < 4.78 is 0. The zero-order valence-electron chi connectivity index (χ0n) is 3.18. The highest BCUT2D eigenvalue weighted by molar-refractivity contribution is 5.73. The quantitative estimate of drug-likeness (QED) is 0.404. The smallest absolute Gasteiger partial charge is 0.129 e. The molecule has 0 spiro atoms. The second kappa shape index (κ2) is 1.75. The molecule has 1 aliphatic rings. The van der Waals surface area contributed by atoms with E-state index in [1.165, 1.54) is 0 Å². The SMILES string of the molecule is [C]1[C]N=CC=C1. The fraction of sp³-hybridized carbons (Fsp3) is 0. The average molecular weight is 77.1 g/mol. The molecule has 0 fully saturated rings. The van der Waals surface area contributed by atoms with Crippen molar-refractivity contribution in [1.82, 2.24) is 0 Å². The van der Waals surface area contributed by atoms with Crippen LogP contribution in [0.1, 0.15) is 0 Å². The largest absolute Gasteiger partial charge is 0.280 e. The van der Waals surface area contributed by atoms with Gasteiger partial charge in [-0.2, -0.15) is 0 Å². The van der Waals surface area contributed by atoms with Crippen molar-refractivity contribution in [3.63, 3.8) is 0 Å². The summed E-state index contributed by atoms with van der Waals surface area (Å²) in [5.74, 6) is 0. The molecule has 0 saturated carbocycles. The summed E-state index contributed by atoms with van der Waals surface area (Å²) in [6.45, 7) is 2.52. The van der Waals surface area contributed by atoms with Crippen LogP contribution in [-0.2, 0) is 0 Å². The Hall–Kier alpha value is -0.590. The van der Waals surface area contributed by atoms with Gasteiger partial charge in [0.05, 0.1) is 0 Å². The van der Waals surface area contributed by atoms with Gasteiger partial charge in [0.2, 0.25) is 0 Å². The van der Waals surface area contributed by atoms with Crippen LogP contribution in [0.15, 0.2) is 17.1 Å². The van der Waals surface area contributed by atoms with Crippen molar-refractivity contribution in [3.8, 4) is 0 Å². The van der Waals surface area contributed by atoms with Crippen molar-refractivity contribution >= 4 is 6.21 Å². The van der Waals surface area contributed by atoms with Crippen LogP contribution in [0.5, 0.6) is 0 Å². The molecule has 0 atom stereocenters. The topological polar surface area (TPSA) is 12.4 Å². The van der Waals surface area contributed by atoms with E-state index in [0.717, 1.165) is 0 Å². The normalized spacial score (nSPS) is 18.7. The highest BCUT2D eigenvalue weighted by Gasteiger charge is 1.82. The molecule has 0 amide bonds. The van der Waals surface area contributed by atoms with Gasteiger partial charge in [-0.3, -0.25) is 4.99 Å². The zero-order chi connectivity index (χ0) is 4.24. The number of hydrogen-bond acceptors (Lipinski definition) is 1. The Morgan fingerprint density at radius 2 is 2.50 bits per heavy atom. The molecule has 0 bridgehead atoms. The van der Waals surface area contributed by atoms with E-state index in [1.807, 2.05) is 0 Å². The molecule has 28 valence electrons. The Kier molecular flexibility index (Phi) is 1.05. The first kappa shape index (κ1) is 3.59. The highest BCUT2D eigenvalue weighted by Crippen LogP contribution is 1.91. The van der Waals surface area contributed by atoms with Crippen molar-refractivity contribution in [3.05, 3.63) is 25.1 Å². The zero-order valence-corrected chi connectivity index (χ0v) is 3.18. The predicted molar refractivity (Wildman–Crippen MR) is 24.1 cm³/mol. The molecule has 1 nitrogen and oxygen atoms in total. The summed E-state index contributed by atoms with van der Waals surface area (Å²) in [6.07, 6.45) is 7.88. The lowest BCUT2D eigenvalue weighted by molar-refractivity contribution is 1.35. The summed E-state index contributed by atoms with van der Waals surface area (Å²) in [7, 11) is 0. The van der Waals surface area contributed by atoms with Crippen LogP contribution in [0.3, 0.4) is 0 Å². The van der Waals surface area contributed by atoms with E-state index in [-0.39, 0.29) is 0 Å². The molecule has 6 heavy (non-hydrogen) atoms. The molecule has 0 aromatic carbocycles. The lowest BCUT2D eigenvalue weighted by atomic mass is 10.3. The first-order valence-electron chi connectivity index (χ1n) is 1.69. The molecular weight excluding hydrogens is 74.1 g/mol. The van der Waals surface area contributed by atoms with Gasteiger partial charge < -0.3 is 0 Å². The van der Waals surface area contributed by atoms with Crippen LogP contribution in [0.2, 0.25) is 0 Å². The van der Waals surface area contributed by atoms with Gasteiger partial charge in [0.25, 0.3) is 0 Å². The minimum atomic E-state index is 1.66. The van der Waals surface area contributed by atoms with Gasteiger partial charge in [0, 0.05) is 12.6 Å². The molecule has 0 aliphatic carbocycles. The van der Waals surface area contributed by atoms with E-state index in [9.17, 15) is 0 Å². The molecule has 0 N–H and O–H groups in total. The third-order valence-electron chi connectivity index (χ3n) is 0.469. The van der Waals surface area contributed by atoms with Gasteiger partial charge >= 0.3 is 0 Å². The molecule has 1 heterocycles. The van der Waals surface area contributed by atoms with Crippen molar-refractivity contribution in [2.45, 2.75) is 0 Å². The van der Waals surface area contributed by atoms with Crippen LogP contribution in [0.25, 0.3) is 0 Å². The van der Waals surface area contributed by atoms with Crippen molar-refractivity contribution in [2.24, 2.45) is 4.99 Å². The predicted octanol–water partition coefficient (Wildman–Crippen LogP) is 0.747. The van der Waals surface area contributed by atoms with Gasteiger partial charge in [-0.05, 0) is 6.08 Å². The van der Waals surface area contributed by atoms with E-state index >= 15 is 0 Å². The maximum absolute atomic E-state index is 3.60. The third kappa shape index (κ3) is 0.677. The number of rotatable bonds is 0. The van der Waals surface area contributed by atoms with E-state index in [4.69, 9.17) is 0 Å². The minimum Gasteiger partial charge on any atom is -0.280 e. The Morgan fingerprint density at radius 3 is 2.67 bits per heavy atom. The standard InChI is InChI=1S/C5H3N/c1-2-4-6-5-3-1/h1-2,4H.